The molecule has 2 nitrogen and oxygen atoms in total. The number of rotatable bonds is 3. The van der Waals surface area contributed by atoms with Gasteiger partial charge in [0.25, 0.3) is 0 Å². The molecular weight excluding hydrogens is 226 g/mol. The Morgan fingerprint density at radius 3 is 2.87 bits per heavy atom. The highest BCUT2D eigenvalue weighted by atomic mass is 32.2. The third-order valence-electron chi connectivity index (χ3n) is 2.10. The topological polar surface area (TPSA) is 32.6 Å². The van der Waals surface area contributed by atoms with Crippen molar-refractivity contribution in [1.29, 1.82) is 0 Å². The molecule has 1 unspecified atom stereocenters. The second kappa shape index (κ2) is 5.58. The molecular formula is C11H13NOS2. The van der Waals surface area contributed by atoms with Crippen LogP contribution < -0.4 is 0 Å². The van der Waals surface area contributed by atoms with Crippen molar-refractivity contribution in [3.8, 4) is 0 Å². The summed E-state index contributed by atoms with van der Waals surface area (Å²) >= 11 is 3.45. The molecule has 1 heterocycles. The fourth-order valence-electron chi connectivity index (χ4n) is 1.29. The van der Waals surface area contributed by atoms with Crippen LogP contribution in [-0.2, 0) is 5.75 Å². The van der Waals surface area contributed by atoms with Crippen LogP contribution in [0.3, 0.4) is 0 Å². The standard InChI is InChI=1S/C11H13NOS2/c13-7-10-6-12-11(15-10)14-8-9-4-2-1-3-5-9/h1-5,10,13H,6-8H2. The van der Waals surface area contributed by atoms with Crippen LogP contribution in [0.4, 0.5) is 0 Å². The van der Waals surface area contributed by atoms with Gasteiger partial charge in [0.1, 0.15) is 4.38 Å². The van der Waals surface area contributed by atoms with E-state index < -0.39 is 0 Å². The largest absolute Gasteiger partial charge is 0.395 e. The zero-order chi connectivity index (χ0) is 10.5. The Hall–Kier alpha value is -0.450. The lowest BCUT2D eigenvalue weighted by molar-refractivity contribution is 0.297. The third-order valence-corrected chi connectivity index (χ3v) is 4.56. The predicted molar refractivity (Wildman–Crippen MR) is 68.5 cm³/mol. The van der Waals surface area contributed by atoms with Gasteiger partial charge in [-0.25, -0.2) is 0 Å². The molecule has 0 radical (unpaired) electrons. The number of benzene rings is 1. The Morgan fingerprint density at radius 1 is 1.40 bits per heavy atom. The summed E-state index contributed by atoms with van der Waals surface area (Å²) in [5, 5.41) is 9.25. The fourth-order valence-corrected chi connectivity index (χ4v) is 3.45. The van der Waals surface area contributed by atoms with Crippen LogP contribution in [0.1, 0.15) is 5.56 Å². The number of thioether (sulfide) groups is 2. The van der Waals surface area contributed by atoms with E-state index >= 15 is 0 Å². The molecule has 1 atom stereocenters. The number of aliphatic imine (C=N–C) groups is 1. The predicted octanol–water partition coefficient (Wildman–Crippen LogP) is 2.38. The lowest BCUT2D eigenvalue weighted by Crippen LogP contribution is -2.07. The number of aliphatic hydroxyl groups excluding tert-OH is 1. The summed E-state index contributed by atoms with van der Waals surface area (Å²) in [7, 11) is 0. The highest BCUT2D eigenvalue weighted by Crippen LogP contribution is 2.29. The highest BCUT2D eigenvalue weighted by Gasteiger charge is 2.18. The molecule has 1 N–H and O–H groups in total. The molecule has 1 aliphatic heterocycles. The lowest BCUT2D eigenvalue weighted by atomic mass is 10.2. The summed E-state index contributed by atoms with van der Waals surface area (Å²) in [6, 6.07) is 10.4. The number of hydrogen-bond acceptors (Lipinski definition) is 4. The van der Waals surface area contributed by atoms with Gasteiger partial charge in [0.15, 0.2) is 0 Å². The van der Waals surface area contributed by atoms with Crippen LogP contribution in [0.5, 0.6) is 0 Å². The van der Waals surface area contributed by atoms with Crippen LogP contribution >= 0.6 is 23.5 Å². The number of hydrogen-bond donors (Lipinski definition) is 1. The van der Waals surface area contributed by atoms with Gasteiger partial charge in [-0.15, -0.1) is 0 Å². The lowest BCUT2D eigenvalue weighted by Gasteiger charge is -2.03. The normalized spacial score (nSPS) is 20.3. The van der Waals surface area contributed by atoms with Crippen LogP contribution in [0, 0.1) is 0 Å². The van der Waals surface area contributed by atoms with E-state index in [1.165, 1.54) is 5.56 Å². The highest BCUT2D eigenvalue weighted by molar-refractivity contribution is 8.39. The second-order valence-corrected chi connectivity index (χ2v) is 5.81. The smallest absolute Gasteiger partial charge is 0.125 e. The van der Waals surface area contributed by atoms with Gasteiger partial charge in [0.2, 0.25) is 0 Å². The maximum atomic E-state index is 8.97. The van der Waals surface area contributed by atoms with Crippen molar-refractivity contribution < 1.29 is 5.11 Å². The monoisotopic (exact) mass is 239 g/mol. The maximum absolute atomic E-state index is 8.97. The molecule has 0 fully saturated rings. The Morgan fingerprint density at radius 2 is 2.20 bits per heavy atom. The summed E-state index contributed by atoms with van der Waals surface area (Å²) in [5.74, 6) is 0.963. The Balaban J connectivity index is 1.80. The van der Waals surface area contributed by atoms with E-state index in [9.17, 15) is 0 Å². The molecule has 80 valence electrons. The van der Waals surface area contributed by atoms with Gasteiger partial charge >= 0.3 is 0 Å². The van der Waals surface area contributed by atoms with Gasteiger partial charge in [0, 0.05) is 5.75 Å². The van der Waals surface area contributed by atoms with E-state index in [1.807, 2.05) is 6.07 Å². The molecule has 0 aromatic heterocycles. The zero-order valence-electron chi connectivity index (χ0n) is 8.30. The van der Waals surface area contributed by atoms with Gasteiger partial charge in [-0.2, -0.15) is 0 Å². The summed E-state index contributed by atoms with van der Waals surface area (Å²) < 4.78 is 1.11. The Kier molecular flexibility index (Phi) is 4.11. The first-order valence-electron chi connectivity index (χ1n) is 4.87. The van der Waals surface area contributed by atoms with Gasteiger partial charge in [0.05, 0.1) is 18.4 Å². The van der Waals surface area contributed by atoms with E-state index in [0.29, 0.717) is 0 Å². The van der Waals surface area contributed by atoms with Crippen LogP contribution in [0.15, 0.2) is 35.3 Å². The molecule has 1 aliphatic rings. The van der Waals surface area contributed by atoms with Crippen molar-refractivity contribution in [1.82, 2.24) is 0 Å². The number of nitrogens with zero attached hydrogens (tertiary/aromatic N) is 1. The average Bonchev–Trinajstić information content (AvgIpc) is 2.76. The average molecular weight is 239 g/mol. The zero-order valence-corrected chi connectivity index (χ0v) is 9.93. The first-order valence-corrected chi connectivity index (χ1v) is 6.73. The van der Waals surface area contributed by atoms with Crippen LogP contribution in [0.25, 0.3) is 0 Å². The van der Waals surface area contributed by atoms with E-state index in [0.717, 1.165) is 16.7 Å². The molecule has 0 aliphatic carbocycles. The Bertz CT molecular complexity index is 340. The Labute approximate surface area is 98.2 Å². The van der Waals surface area contributed by atoms with Crippen molar-refractivity contribution in [2.75, 3.05) is 13.2 Å². The molecule has 15 heavy (non-hydrogen) atoms. The van der Waals surface area contributed by atoms with E-state index in [4.69, 9.17) is 5.11 Å². The second-order valence-electron chi connectivity index (χ2n) is 3.30. The summed E-state index contributed by atoms with van der Waals surface area (Å²) in [4.78, 5) is 4.39. The van der Waals surface area contributed by atoms with Gasteiger partial charge in [-0.05, 0) is 5.56 Å². The van der Waals surface area contributed by atoms with Crippen molar-refractivity contribution in [2.24, 2.45) is 4.99 Å². The quantitative estimate of drug-likeness (QED) is 0.879. The van der Waals surface area contributed by atoms with Crippen LogP contribution in [0.2, 0.25) is 0 Å². The molecule has 0 amide bonds. The van der Waals surface area contributed by atoms with Crippen molar-refractivity contribution in [2.45, 2.75) is 11.0 Å². The minimum absolute atomic E-state index is 0.226. The summed E-state index contributed by atoms with van der Waals surface area (Å²) in [6.07, 6.45) is 0. The number of aliphatic hydroxyl groups is 1. The van der Waals surface area contributed by atoms with Crippen molar-refractivity contribution >= 4 is 27.9 Å². The first-order chi connectivity index (χ1) is 7.38. The van der Waals surface area contributed by atoms with Crippen molar-refractivity contribution in [3.63, 3.8) is 0 Å². The van der Waals surface area contributed by atoms with Gasteiger partial charge in [-0.1, -0.05) is 53.9 Å². The molecule has 2 rings (SSSR count). The molecule has 1 aromatic rings. The minimum atomic E-state index is 0.226. The molecule has 1 aromatic carbocycles. The van der Waals surface area contributed by atoms with Crippen molar-refractivity contribution in [3.05, 3.63) is 35.9 Å². The minimum Gasteiger partial charge on any atom is -0.395 e. The molecule has 0 saturated heterocycles. The summed E-state index contributed by atoms with van der Waals surface area (Å²) in [5.41, 5.74) is 1.32. The van der Waals surface area contributed by atoms with E-state index in [2.05, 4.69) is 29.3 Å². The van der Waals surface area contributed by atoms with Gasteiger partial charge in [-0.3, -0.25) is 4.99 Å². The molecule has 0 bridgehead atoms. The van der Waals surface area contributed by atoms with Crippen LogP contribution in [-0.4, -0.2) is 27.9 Å². The summed E-state index contributed by atoms with van der Waals surface area (Å²) in [6.45, 7) is 0.988. The molecule has 0 spiro atoms. The molecule has 4 heteroatoms. The van der Waals surface area contributed by atoms with Gasteiger partial charge < -0.3 is 5.11 Å². The third kappa shape index (κ3) is 3.26. The van der Waals surface area contributed by atoms with E-state index in [1.54, 1.807) is 23.5 Å². The first kappa shape index (κ1) is 11.0. The maximum Gasteiger partial charge on any atom is 0.125 e. The SMILES string of the molecule is OCC1CN=C(SCc2ccccc2)S1. The molecule has 0 saturated carbocycles. The van der Waals surface area contributed by atoms with E-state index in [-0.39, 0.29) is 11.9 Å². The fraction of sp³-hybridized carbons (Fsp3) is 0.364.